The van der Waals surface area contributed by atoms with Crippen LogP contribution in [0.25, 0.3) is 0 Å². The van der Waals surface area contributed by atoms with Crippen LogP contribution in [0.1, 0.15) is 18.4 Å². The fraction of sp³-hybridized carbons (Fsp3) is 0.462. The summed E-state index contributed by atoms with van der Waals surface area (Å²) in [5.41, 5.74) is 0.167. The van der Waals surface area contributed by atoms with Gasteiger partial charge in [0.2, 0.25) is 0 Å². The lowest BCUT2D eigenvalue weighted by Crippen LogP contribution is -2.43. The van der Waals surface area contributed by atoms with E-state index in [4.69, 9.17) is 4.74 Å². The van der Waals surface area contributed by atoms with E-state index in [1.165, 1.54) is 12.1 Å². The summed E-state index contributed by atoms with van der Waals surface area (Å²) in [4.78, 5) is 11.8. The molecule has 104 valence electrons. The van der Waals surface area contributed by atoms with Crippen LogP contribution in [0, 0.1) is 5.82 Å². The molecule has 1 saturated heterocycles. The molecule has 0 spiro atoms. The Morgan fingerprint density at radius 3 is 2.37 bits per heavy atom. The van der Waals surface area contributed by atoms with Crippen molar-refractivity contribution in [3.63, 3.8) is 0 Å². The first-order chi connectivity index (χ1) is 9.03. The Bertz CT molecular complexity index is 444. The third-order valence-corrected chi connectivity index (χ3v) is 4.00. The molecule has 0 aromatic heterocycles. The average Bonchev–Trinajstić information content (AvgIpc) is 2.40. The van der Waals surface area contributed by atoms with Crippen molar-refractivity contribution in [2.75, 3.05) is 13.1 Å². The van der Waals surface area contributed by atoms with Gasteiger partial charge in [-0.15, -0.1) is 0 Å². The van der Waals surface area contributed by atoms with Gasteiger partial charge in [0, 0.05) is 12.8 Å². The lowest BCUT2D eigenvalue weighted by Gasteiger charge is -2.37. The Labute approximate surface area is 128 Å². The van der Waals surface area contributed by atoms with E-state index in [0.29, 0.717) is 12.8 Å². The van der Waals surface area contributed by atoms with E-state index in [-0.39, 0.29) is 11.8 Å². The Kier molecular flexibility index (Phi) is 4.97. The van der Waals surface area contributed by atoms with Crippen LogP contribution in [-0.4, -0.2) is 22.8 Å². The Morgan fingerprint density at radius 2 is 1.84 bits per heavy atom. The molecular weight excluding hydrogens is 381 g/mol. The third-order valence-electron chi connectivity index (χ3n) is 3.26. The van der Waals surface area contributed by atoms with Crippen LogP contribution in [0.4, 0.5) is 4.39 Å². The normalized spacial score (nSPS) is 18.3. The number of rotatable bonds is 3. The smallest absolute Gasteiger partial charge is 0.331 e. The molecule has 1 fully saturated rings. The highest BCUT2D eigenvalue weighted by molar-refractivity contribution is 9.25. The molecule has 1 aromatic rings. The number of alkyl halides is 2. The van der Waals surface area contributed by atoms with Gasteiger partial charge in [0.1, 0.15) is 11.4 Å². The van der Waals surface area contributed by atoms with E-state index in [9.17, 15) is 9.18 Å². The molecule has 2 rings (SSSR count). The van der Waals surface area contributed by atoms with Gasteiger partial charge in [-0.25, -0.2) is 9.18 Å². The maximum Gasteiger partial charge on any atom is 0.331 e. The molecule has 1 aliphatic heterocycles. The minimum absolute atomic E-state index is 0.293. The molecule has 0 bridgehead atoms. The van der Waals surface area contributed by atoms with Crippen LogP contribution in [0.5, 0.6) is 0 Å². The summed E-state index contributed by atoms with van der Waals surface area (Å²) in [5.74, 6) is -0.663. The lowest BCUT2D eigenvalue weighted by atomic mass is 9.85. The van der Waals surface area contributed by atoms with E-state index in [0.717, 1.165) is 18.7 Å². The number of hydrogen-bond donors (Lipinski definition) is 1. The van der Waals surface area contributed by atoms with Crippen molar-refractivity contribution in [2.24, 2.45) is 0 Å². The maximum atomic E-state index is 13.0. The van der Waals surface area contributed by atoms with Gasteiger partial charge in [0.05, 0.1) is 0 Å². The predicted molar refractivity (Wildman–Crippen MR) is 77.9 cm³/mol. The van der Waals surface area contributed by atoms with Crippen LogP contribution < -0.4 is 5.32 Å². The first kappa shape index (κ1) is 14.9. The van der Waals surface area contributed by atoms with Gasteiger partial charge in [-0.3, -0.25) is 0 Å². The monoisotopic (exact) mass is 393 g/mol. The van der Waals surface area contributed by atoms with Crippen molar-refractivity contribution in [3.05, 3.63) is 35.6 Å². The molecule has 0 amide bonds. The molecule has 0 aliphatic carbocycles. The Morgan fingerprint density at radius 1 is 1.26 bits per heavy atom. The molecular formula is C13H14Br2FNO2. The summed E-state index contributed by atoms with van der Waals surface area (Å²) in [6, 6.07) is 6.16. The average molecular weight is 395 g/mol. The SMILES string of the molecule is O=C(OC1(c2ccc(F)cc2)CCNCC1)C(Br)Br. The fourth-order valence-corrected chi connectivity index (χ4v) is 2.46. The highest BCUT2D eigenvalue weighted by Gasteiger charge is 2.38. The number of carbonyl (C=O) groups is 1. The van der Waals surface area contributed by atoms with Gasteiger partial charge < -0.3 is 10.1 Å². The second kappa shape index (κ2) is 6.33. The zero-order valence-corrected chi connectivity index (χ0v) is 13.3. The van der Waals surface area contributed by atoms with Crippen molar-refractivity contribution in [2.45, 2.75) is 22.2 Å². The van der Waals surface area contributed by atoms with Crippen molar-refractivity contribution in [1.82, 2.24) is 5.32 Å². The predicted octanol–water partition coefficient (Wildman–Crippen LogP) is 3.06. The summed E-state index contributed by atoms with van der Waals surface area (Å²) in [7, 11) is 0. The number of benzene rings is 1. The molecule has 1 aromatic carbocycles. The Hall–Kier alpha value is -0.460. The number of piperidine rings is 1. The fourth-order valence-electron chi connectivity index (χ4n) is 2.27. The first-order valence-corrected chi connectivity index (χ1v) is 7.84. The van der Waals surface area contributed by atoms with Gasteiger partial charge in [0.15, 0.2) is 3.74 Å². The molecule has 0 saturated carbocycles. The van der Waals surface area contributed by atoms with E-state index >= 15 is 0 Å². The third kappa shape index (κ3) is 3.55. The van der Waals surface area contributed by atoms with E-state index in [1.807, 2.05) is 0 Å². The summed E-state index contributed by atoms with van der Waals surface area (Å²) in [5, 5.41) is 3.23. The second-order valence-corrected chi connectivity index (χ2v) is 7.53. The summed E-state index contributed by atoms with van der Waals surface area (Å²) >= 11 is 6.28. The second-order valence-electron chi connectivity index (χ2n) is 4.47. The van der Waals surface area contributed by atoms with Gasteiger partial charge in [-0.1, -0.05) is 44.0 Å². The van der Waals surface area contributed by atoms with Gasteiger partial charge in [-0.05, 0) is 30.8 Å². The van der Waals surface area contributed by atoms with Gasteiger partial charge in [-0.2, -0.15) is 0 Å². The minimum Gasteiger partial charge on any atom is -0.453 e. The quantitative estimate of drug-likeness (QED) is 0.632. The molecule has 6 heteroatoms. The van der Waals surface area contributed by atoms with E-state index in [2.05, 4.69) is 37.2 Å². The highest BCUT2D eigenvalue weighted by atomic mass is 79.9. The van der Waals surface area contributed by atoms with Gasteiger partial charge >= 0.3 is 5.97 Å². The number of nitrogens with one attached hydrogen (secondary N) is 1. The molecule has 1 heterocycles. The van der Waals surface area contributed by atoms with E-state index in [1.54, 1.807) is 12.1 Å². The largest absolute Gasteiger partial charge is 0.453 e. The minimum atomic E-state index is -0.671. The number of hydrogen-bond acceptors (Lipinski definition) is 3. The van der Waals surface area contributed by atoms with Crippen LogP contribution >= 0.6 is 31.9 Å². The van der Waals surface area contributed by atoms with Crippen LogP contribution in [0.2, 0.25) is 0 Å². The zero-order chi connectivity index (χ0) is 13.9. The number of ether oxygens (including phenoxy) is 1. The zero-order valence-electron chi connectivity index (χ0n) is 10.2. The topological polar surface area (TPSA) is 38.3 Å². The first-order valence-electron chi connectivity index (χ1n) is 6.01. The number of halogens is 3. The van der Waals surface area contributed by atoms with Crippen LogP contribution in [0.3, 0.4) is 0 Å². The highest BCUT2D eigenvalue weighted by Crippen LogP contribution is 2.36. The summed E-state index contributed by atoms with van der Waals surface area (Å²) < 4.78 is 18.2. The molecule has 0 unspecified atom stereocenters. The molecule has 0 radical (unpaired) electrons. The molecule has 0 atom stereocenters. The van der Waals surface area contributed by atoms with Crippen LogP contribution in [0.15, 0.2) is 24.3 Å². The lowest BCUT2D eigenvalue weighted by molar-refractivity contribution is -0.161. The standard InChI is InChI=1S/C13H14Br2FNO2/c14-11(15)12(18)19-13(5-7-17-8-6-13)9-1-3-10(16)4-2-9/h1-4,11,17H,5-8H2. The molecule has 3 nitrogen and oxygen atoms in total. The van der Waals surface area contributed by atoms with Crippen molar-refractivity contribution < 1.29 is 13.9 Å². The number of carbonyl (C=O) groups excluding carboxylic acids is 1. The molecule has 19 heavy (non-hydrogen) atoms. The summed E-state index contributed by atoms with van der Waals surface area (Å²) in [6.07, 6.45) is 1.36. The maximum absolute atomic E-state index is 13.0. The van der Waals surface area contributed by atoms with Crippen molar-refractivity contribution >= 4 is 37.8 Å². The van der Waals surface area contributed by atoms with Gasteiger partial charge in [0.25, 0.3) is 0 Å². The number of esters is 1. The van der Waals surface area contributed by atoms with E-state index < -0.39 is 9.34 Å². The molecule has 1 aliphatic rings. The van der Waals surface area contributed by atoms with Crippen molar-refractivity contribution in [1.29, 1.82) is 0 Å². The van der Waals surface area contributed by atoms with Crippen LogP contribution in [-0.2, 0) is 15.1 Å². The Balaban J connectivity index is 2.28. The summed E-state index contributed by atoms with van der Waals surface area (Å²) in [6.45, 7) is 1.53. The van der Waals surface area contributed by atoms with Crippen molar-refractivity contribution in [3.8, 4) is 0 Å². The molecule has 1 N–H and O–H groups in total.